The molecule has 0 heterocycles. The van der Waals surface area contributed by atoms with Crippen molar-refractivity contribution in [3.05, 3.63) is 69.8 Å². The second kappa shape index (κ2) is 8.29. The van der Waals surface area contributed by atoms with Gasteiger partial charge in [-0.2, -0.15) is 5.10 Å². The fourth-order valence-corrected chi connectivity index (χ4v) is 1.73. The molecular weight excluding hydrogens is 324 g/mol. The summed E-state index contributed by atoms with van der Waals surface area (Å²) in [7, 11) is 3.52. The van der Waals surface area contributed by atoms with Crippen LogP contribution in [0.5, 0.6) is 0 Å². The zero-order valence-electron chi connectivity index (χ0n) is 13.7. The van der Waals surface area contributed by atoms with Crippen LogP contribution in [0, 0.1) is 10.1 Å². The average molecular weight is 340 g/mol. The Morgan fingerprint density at radius 1 is 1.12 bits per heavy atom. The minimum Gasteiger partial charge on any atom is -0.285 e. The smallest absolute Gasteiger partial charge is 0.271 e. The van der Waals surface area contributed by atoms with Crippen LogP contribution in [0.3, 0.4) is 0 Å². The first-order valence-corrected chi connectivity index (χ1v) is 7.22. The summed E-state index contributed by atoms with van der Waals surface area (Å²) < 4.78 is 0. The Morgan fingerprint density at radius 3 is 2.32 bits per heavy atom. The fraction of sp³-hybridized carbons (Fsp3) is 0.125. The number of nitrogens with zero attached hydrogens (tertiary/aromatic N) is 5. The average Bonchev–Trinajstić information content (AvgIpc) is 2.60. The van der Waals surface area contributed by atoms with E-state index in [1.54, 1.807) is 55.5 Å². The van der Waals surface area contributed by atoms with Gasteiger partial charge in [-0.3, -0.25) is 19.9 Å². The lowest BCUT2D eigenvalue weighted by Crippen LogP contribution is -2.17. The van der Waals surface area contributed by atoms with E-state index in [4.69, 9.17) is 0 Å². The van der Waals surface area contributed by atoms with E-state index in [1.807, 2.05) is 0 Å². The summed E-state index contributed by atoms with van der Waals surface area (Å²) in [5.41, 5.74) is 4.06. The topological polar surface area (TPSA) is 113 Å². The van der Waals surface area contributed by atoms with E-state index < -0.39 is 4.92 Å². The summed E-state index contributed by atoms with van der Waals surface area (Å²) in [5, 5.41) is 23.8. The maximum absolute atomic E-state index is 12.0. The molecule has 1 N–H and O–H groups in total. The number of rotatable bonds is 6. The molecule has 2 rings (SSSR count). The van der Waals surface area contributed by atoms with Gasteiger partial charge in [-0.25, -0.2) is 5.43 Å². The van der Waals surface area contributed by atoms with Gasteiger partial charge in [-0.15, -0.1) is 5.11 Å². The van der Waals surface area contributed by atoms with Crippen molar-refractivity contribution < 1.29 is 9.72 Å². The molecule has 9 heteroatoms. The van der Waals surface area contributed by atoms with Crippen molar-refractivity contribution >= 4 is 23.5 Å². The standard InChI is InChI=1S/C16H16N6O3/c1-21(2)20-18-14-7-5-13(6-8-14)16(23)19-17-11-12-3-9-15(10-4-12)22(24)25/h3-11H,1-2H3,(H,19,23)/b17-11+,20-18?. The van der Waals surface area contributed by atoms with Gasteiger partial charge in [0.15, 0.2) is 0 Å². The first-order chi connectivity index (χ1) is 12.0. The second-order valence-corrected chi connectivity index (χ2v) is 5.13. The minimum absolute atomic E-state index is 0.00677. The molecule has 1 amide bonds. The van der Waals surface area contributed by atoms with E-state index in [0.717, 1.165) is 0 Å². The Labute approximate surface area is 143 Å². The SMILES string of the molecule is CN(C)N=Nc1ccc(C(=O)N/N=C/c2ccc([N+](=O)[O-])cc2)cc1. The third-order valence-electron chi connectivity index (χ3n) is 2.95. The van der Waals surface area contributed by atoms with Crippen molar-refractivity contribution in [2.45, 2.75) is 0 Å². The number of nitro groups is 1. The van der Waals surface area contributed by atoms with Crippen molar-refractivity contribution in [3.63, 3.8) is 0 Å². The van der Waals surface area contributed by atoms with Crippen LogP contribution in [0.25, 0.3) is 0 Å². The van der Waals surface area contributed by atoms with Gasteiger partial charge in [0.05, 0.1) is 16.8 Å². The molecule has 2 aromatic carbocycles. The number of carbonyl (C=O) groups is 1. The zero-order valence-corrected chi connectivity index (χ0v) is 13.7. The maximum Gasteiger partial charge on any atom is 0.271 e. The first-order valence-electron chi connectivity index (χ1n) is 7.22. The summed E-state index contributed by atoms with van der Waals surface area (Å²) in [6.45, 7) is 0. The van der Waals surface area contributed by atoms with Crippen LogP contribution in [0.1, 0.15) is 15.9 Å². The number of amides is 1. The van der Waals surface area contributed by atoms with Gasteiger partial charge in [0, 0.05) is 31.8 Å². The Hall–Kier alpha value is -3.62. The highest BCUT2D eigenvalue weighted by Crippen LogP contribution is 2.14. The summed E-state index contributed by atoms with van der Waals surface area (Å²) in [4.78, 5) is 22.1. The molecule has 0 spiro atoms. The van der Waals surface area contributed by atoms with Crippen LogP contribution in [0.15, 0.2) is 64.0 Å². The van der Waals surface area contributed by atoms with Crippen molar-refractivity contribution in [3.8, 4) is 0 Å². The van der Waals surface area contributed by atoms with Gasteiger partial charge in [0.25, 0.3) is 11.6 Å². The van der Waals surface area contributed by atoms with Crippen LogP contribution < -0.4 is 5.43 Å². The Morgan fingerprint density at radius 2 is 1.76 bits per heavy atom. The Bertz CT molecular complexity index is 798. The predicted octanol–water partition coefficient (Wildman–Crippen LogP) is 2.92. The van der Waals surface area contributed by atoms with E-state index in [0.29, 0.717) is 16.8 Å². The van der Waals surface area contributed by atoms with E-state index in [-0.39, 0.29) is 11.6 Å². The van der Waals surface area contributed by atoms with Gasteiger partial charge in [0.1, 0.15) is 0 Å². The quantitative estimate of drug-likeness (QED) is 0.377. The van der Waals surface area contributed by atoms with Gasteiger partial charge in [-0.1, -0.05) is 5.22 Å². The van der Waals surface area contributed by atoms with E-state index in [9.17, 15) is 14.9 Å². The molecule has 0 bridgehead atoms. The monoisotopic (exact) mass is 340 g/mol. The van der Waals surface area contributed by atoms with Gasteiger partial charge < -0.3 is 0 Å². The molecule has 0 radical (unpaired) electrons. The van der Waals surface area contributed by atoms with Crippen molar-refractivity contribution in [1.29, 1.82) is 0 Å². The molecule has 0 saturated heterocycles. The van der Waals surface area contributed by atoms with Crippen LogP contribution >= 0.6 is 0 Å². The second-order valence-electron chi connectivity index (χ2n) is 5.13. The number of benzene rings is 2. The third-order valence-corrected chi connectivity index (χ3v) is 2.95. The molecule has 128 valence electrons. The van der Waals surface area contributed by atoms with Gasteiger partial charge >= 0.3 is 0 Å². The van der Waals surface area contributed by atoms with Crippen LogP contribution in [0.2, 0.25) is 0 Å². The van der Waals surface area contributed by atoms with E-state index in [2.05, 4.69) is 20.9 Å². The Kier molecular flexibility index (Phi) is 5.88. The highest BCUT2D eigenvalue weighted by Gasteiger charge is 2.05. The van der Waals surface area contributed by atoms with Gasteiger partial charge in [0.2, 0.25) is 0 Å². The normalized spacial score (nSPS) is 11.0. The van der Waals surface area contributed by atoms with Crippen LogP contribution in [0.4, 0.5) is 11.4 Å². The Balaban J connectivity index is 1.94. The largest absolute Gasteiger partial charge is 0.285 e. The van der Waals surface area contributed by atoms with Crippen molar-refractivity contribution in [2.75, 3.05) is 14.1 Å². The number of hydrogen-bond donors (Lipinski definition) is 1. The molecule has 2 aromatic rings. The highest BCUT2D eigenvalue weighted by molar-refractivity contribution is 5.95. The number of nitro benzene ring substituents is 1. The zero-order chi connectivity index (χ0) is 18.2. The summed E-state index contributed by atoms with van der Waals surface area (Å²) in [5.74, 6) is -0.380. The molecule has 0 saturated carbocycles. The van der Waals surface area contributed by atoms with Crippen LogP contribution in [-0.2, 0) is 0 Å². The molecule has 9 nitrogen and oxygen atoms in total. The van der Waals surface area contributed by atoms with Gasteiger partial charge in [-0.05, 0) is 42.0 Å². The molecule has 0 aliphatic heterocycles. The van der Waals surface area contributed by atoms with Crippen molar-refractivity contribution in [2.24, 2.45) is 15.4 Å². The molecule has 0 fully saturated rings. The maximum atomic E-state index is 12.0. The number of nitrogens with one attached hydrogen (secondary N) is 1. The number of hydrazone groups is 1. The molecule has 25 heavy (non-hydrogen) atoms. The van der Waals surface area contributed by atoms with E-state index in [1.165, 1.54) is 18.3 Å². The third kappa shape index (κ3) is 5.50. The van der Waals surface area contributed by atoms with Crippen molar-refractivity contribution in [1.82, 2.24) is 10.4 Å². The molecule has 0 atom stereocenters. The lowest BCUT2D eigenvalue weighted by Gasteiger charge is -2.02. The molecule has 0 aliphatic rings. The van der Waals surface area contributed by atoms with Crippen LogP contribution in [-0.4, -0.2) is 36.1 Å². The summed E-state index contributed by atoms with van der Waals surface area (Å²) in [6, 6.07) is 12.4. The molecule has 0 aromatic heterocycles. The first kappa shape index (κ1) is 17.7. The van der Waals surface area contributed by atoms with E-state index >= 15 is 0 Å². The minimum atomic E-state index is -0.482. The summed E-state index contributed by atoms with van der Waals surface area (Å²) in [6.07, 6.45) is 1.40. The molecular formula is C16H16N6O3. The number of non-ortho nitro benzene ring substituents is 1. The fourth-order valence-electron chi connectivity index (χ4n) is 1.73. The lowest BCUT2D eigenvalue weighted by atomic mass is 10.2. The number of hydrogen-bond acceptors (Lipinski definition) is 6. The highest BCUT2D eigenvalue weighted by atomic mass is 16.6. The molecule has 0 unspecified atom stereocenters. The summed E-state index contributed by atoms with van der Waals surface area (Å²) >= 11 is 0. The number of carbonyl (C=O) groups excluding carboxylic acids is 1. The lowest BCUT2D eigenvalue weighted by molar-refractivity contribution is -0.384. The molecule has 0 aliphatic carbocycles. The predicted molar refractivity (Wildman–Crippen MR) is 92.8 cm³/mol.